The number of hydrogen-bond acceptors (Lipinski definition) is 2. The van der Waals surface area contributed by atoms with E-state index in [1.165, 1.54) is 6.42 Å². The number of hydrogen-bond donors (Lipinski definition) is 0. The molecule has 2 atom stereocenters. The van der Waals surface area contributed by atoms with Gasteiger partial charge in [0.1, 0.15) is 6.17 Å². The smallest absolute Gasteiger partial charge is 0.108 e. The van der Waals surface area contributed by atoms with Gasteiger partial charge in [0.15, 0.2) is 0 Å². The predicted octanol–water partition coefficient (Wildman–Crippen LogP) is 6.58. The summed E-state index contributed by atoms with van der Waals surface area (Å²) < 4.78 is 35.4. The Morgan fingerprint density at radius 1 is 0.889 bits per heavy atom. The summed E-state index contributed by atoms with van der Waals surface area (Å²) in [5.41, 5.74) is 5.56. The van der Waals surface area contributed by atoms with Crippen LogP contribution in [0.4, 0.5) is 11.4 Å². The number of para-hydroxylation sites is 2. The molecule has 0 spiro atoms. The highest BCUT2D eigenvalue weighted by Gasteiger charge is 2.47. The van der Waals surface area contributed by atoms with E-state index in [1.54, 1.807) is 0 Å². The lowest BCUT2D eigenvalue weighted by atomic mass is 9.76. The van der Waals surface area contributed by atoms with Crippen molar-refractivity contribution in [1.29, 1.82) is 0 Å². The molecule has 0 amide bonds. The zero-order chi connectivity index (χ0) is 22.0. The van der Waals surface area contributed by atoms with Crippen LogP contribution >= 0.6 is 0 Å². The lowest BCUT2D eigenvalue weighted by Gasteiger charge is -2.32. The average Bonchev–Trinajstić information content (AvgIpc) is 3.21. The first-order valence-corrected chi connectivity index (χ1v) is 10.2. The third-order valence-electron chi connectivity index (χ3n) is 6.53. The number of nitrogens with zero attached hydrogens (tertiary/aromatic N) is 2. The van der Waals surface area contributed by atoms with E-state index in [-0.39, 0.29) is 5.92 Å². The molecule has 2 unspecified atom stereocenters. The second-order valence-corrected chi connectivity index (χ2v) is 8.10. The second-order valence-electron chi connectivity index (χ2n) is 8.10. The minimum atomic E-state index is -2.24. The Labute approximate surface area is 169 Å². The summed E-state index contributed by atoms with van der Waals surface area (Å²) in [6, 6.07) is 16.0. The molecule has 1 aliphatic carbocycles. The molecule has 2 aromatic carbocycles. The van der Waals surface area contributed by atoms with Gasteiger partial charge in [0.2, 0.25) is 0 Å². The van der Waals surface area contributed by atoms with E-state index in [0.717, 1.165) is 59.6 Å². The van der Waals surface area contributed by atoms with Crippen LogP contribution in [-0.4, -0.2) is 6.17 Å². The van der Waals surface area contributed by atoms with Crippen molar-refractivity contribution in [3.8, 4) is 0 Å². The predicted molar refractivity (Wildman–Crippen MR) is 114 cm³/mol. The summed E-state index contributed by atoms with van der Waals surface area (Å²) >= 11 is 0. The Bertz CT molecular complexity index is 1040. The Balaban J connectivity index is 1.77. The van der Waals surface area contributed by atoms with Crippen molar-refractivity contribution < 1.29 is 5.48 Å². The highest BCUT2D eigenvalue weighted by atomic mass is 15.4. The van der Waals surface area contributed by atoms with Crippen molar-refractivity contribution in [2.45, 2.75) is 64.9 Å². The number of allylic oxidation sites excluding steroid dienone is 2. The zero-order valence-corrected chi connectivity index (χ0v) is 16.2. The fraction of sp³-hybridized carbons (Fsp3) is 0.440. The van der Waals surface area contributed by atoms with Crippen LogP contribution in [0, 0.1) is 12.8 Å². The minimum absolute atomic E-state index is 0.200. The van der Waals surface area contributed by atoms with Crippen molar-refractivity contribution in [1.82, 2.24) is 0 Å². The molecule has 5 rings (SSSR count). The SMILES string of the molecule is [2H]C([2H])([2H])C1N(c2ccccc2C)C(C)=C2N1c1ccccc1C2([2H])C1CCCCC1. The van der Waals surface area contributed by atoms with Crippen LogP contribution in [0.5, 0.6) is 0 Å². The Kier molecular flexibility index (Phi) is 3.11. The van der Waals surface area contributed by atoms with Crippen molar-refractivity contribution in [2.24, 2.45) is 5.92 Å². The average molecular weight is 363 g/mol. The van der Waals surface area contributed by atoms with E-state index in [4.69, 9.17) is 4.11 Å². The largest absolute Gasteiger partial charge is 0.322 e. The second kappa shape index (κ2) is 6.44. The Morgan fingerprint density at radius 3 is 2.33 bits per heavy atom. The summed E-state index contributed by atoms with van der Waals surface area (Å²) in [5.74, 6) is -0.714. The van der Waals surface area contributed by atoms with Gasteiger partial charge in [-0.25, -0.2) is 0 Å². The monoisotopic (exact) mass is 362 g/mol. The fourth-order valence-electron chi connectivity index (χ4n) is 5.28. The summed E-state index contributed by atoms with van der Waals surface area (Å²) in [7, 11) is 0. The van der Waals surface area contributed by atoms with Crippen LogP contribution in [0.3, 0.4) is 0 Å². The standard InChI is InChI=1S/C25H30N2/c1-17-11-7-9-15-22(17)26-18(2)25-24(20-12-5-4-6-13-20)21-14-8-10-16-23(21)27(25)19(26)3/h7-11,14-16,19-20,24H,4-6,12-13H2,1-3H3/i3D3,24D. The first-order valence-electron chi connectivity index (χ1n) is 12.2. The molecule has 0 aromatic heterocycles. The molecule has 3 aliphatic rings. The molecule has 2 heteroatoms. The topological polar surface area (TPSA) is 6.48 Å². The van der Waals surface area contributed by atoms with Crippen molar-refractivity contribution in [2.75, 3.05) is 9.80 Å². The maximum absolute atomic E-state index is 9.91. The van der Waals surface area contributed by atoms with E-state index in [9.17, 15) is 1.37 Å². The Morgan fingerprint density at radius 2 is 1.59 bits per heavy atom. The molecule has 2 aliphatic heterocycles. The molecule has 2 nitrogen and oxygen atoms in total. The van der Waals surface area contributed by atoms with Crippen LogP contribution in [0.2, 0.25) is 0 Å². The van der Waals surface area contributed by atoms with Gasteiger partial charge in [-0.15, -0.1) is 0 Å². The summed E-state index contributed by atoms with van der Waals surface area (Å²) in [4.78, 5) is 3.95. The number of rotatable bonds is 2. The molecule has 1 saturated carbocycles. The molecule has 0 bridgehead atoms. The van der Waals surface area contributed by atoms with E-state index in [2.05, 4.69) is 0 Å². The maximum atomic E-state index is 9.91. The van der Waals surface area contributed by atoms with Crippen LogP contribution < -0.4 is 9.80 Å². The molecule has 2 aromatic rings. The van der Waals surface area contributed by atoms with Crippen LogP contribution in [0.1, 0.15) is 68.4 Å². The van der Waals surface area contributed by atoms with Gasteiger partial charge in [0, 0.05) is 34.1 Å². The summed E-state index contributed by atoms with van der Waals surface area (Å²) in [5, 5.41) is 0. The highest BCUT2D eigenvalue weighted by Crippen LogP contribution is 2.56. The summed E-state index contributed by atoms with van der Waals surface area (Å²) in [6.07, 6.45) is 4.70. The van der Waals surface area contributed by atoms with E-state index in [0.29, 0.717) is 0 Å². The molecular weight excluding hydrogens is 328 g/mol. The van der Waals surface area contributed by atoms with Crippen LogP contribution in [0.25, 0.3) is 0 Å². The first-order chi connectivity index (χ1) is 14.8. The quantitative estimate of drug-likeness (QED) is 0.595. The number of fused-ring (bicyclic) bond motifs is 3. The van der Waals surface area contributed by atoms with Gasteiger partial charge < -0.3 is 9.80 Å². The van der Waals surface area contributed by atoms with Crippen LogP contribution in [-0.2, 0) is 0 Å². The fourth-order valence-corrected chi connectivity index (χ4v) is 5.28. The lowest BCUT2D eigenvalue weighted by Crippen LogP contribution is -2.37. The third-order valence-corrected chi connectivity index (χ3v) is 6.53. The van der Waals surface area contributed by atoms with Gasteiger partial charge in [-0.3, -0.25) is 0 Å². The normalized spacial score (nSPS) is 30.5. The van der Waals surface area contributed by atoms with Gasteiger partial charge in [0.25, 0.3) is 0 Å². The molecule has 0 saturated heterocycles. The van der Waals surface area contributed by atoms with E-state index in [1.807, 2.05) is 72.2 Å². The number of benzene rings is 2. The van der Waals surface area contributed by atoms with E-state index < -0.39 is 18.9 Å². The molecule has 1 fully saturated rings. The lowest BCUT2D eigenvalue weighted by molar-refractivity contribution is 0.327. The molecular formula is C25H30N2. The van der Waals surface area contributed by atoms with Gasteiger partial charge in [-0.1, -0.05) is 55.7 Å². The van der Waals surface area contributed by atoms with Gasteiger partial charge in [0.05, 0.1) is 0 Å². The maximum Gasteiger partial charge on any atom is 0.108 e. The zero-order valence-electron chi connectivity index (χ0n) is 20.2. The first kappa shape index (κ1) is 13.0. The molecule has 140 valence electrons. The van der Waals surface area contributed by atoms with Crippen LogP contribution in [0.15, 0.2) is 59.9 Å². The molecule has 27 heavy (non-hydrogen) atoms. The van der Waals surface area contributed by atoms with Crippen molar-refractivity contribution in [3.63, 3.8) is 0 Å². The molecule has 2 heterocycles. The number of aryl methyl sites for hydroxylation is 1. The Hall–Kier alpha value is -2.22. The van der Waals surface area contributed by atoms with Crippen molar-refractivity contribution >= 4 is 11.4 Å². The third kappa shape index (κ3) is 2.46. The van der Waals surface area contributed by atoms with Crippen molar-refractivity contribution in [3.05, 3.63) is 71.1 Å². The van der Waals surface area contributed by atoms with Gasteiger partial charge in [-0.2, -0.15) is 0 Å². The molecule has 0 N–H and O–H groups in total. The summed E-state index contributed by atoms with van der Waals surface area (Å²) in [6.45, 7) is 1.80. The minimum Gasteiger partial charge on any atom is -0.322 e. The van der Waals surface area contributed by atoms with Gasteiger partial charge >= 0.3 is 0 Å². The highest BCUT2D eigenvalue weighted by molar-refractivity contribution is 5.76. The number of anilines is 2. The van der Waals surface area contributed by atoms with Gasteiger partial charge in [-0.05, 0) is 62.7 Å². The molecule has 0 radical (unpaired) electrons. The van der Waals surface area contributed by atoms with E-state index >= 15 is 0 Å².